The first kappa shape index (κ1) is 20.3. The fourth-order valence-electron chi connectivity index (χ4n) is 2.59. The maximum absolute atomic E-state index is 12.8. The number of hydrogen-bond acceptors (Lipinski definition) is 4. The van der Waals surface area contributed by atoms with Gasteiger partial charge in [0.1, 0.15) is 17.5 Å². The molecule has 2 amide bonds. The molecule has 6 nitrogen and oxygen atoms in total. The van der Waals surface area contributed by atoms with Gasteiger partial charge in [0.25, 0.3) is 5.91 Å². The van der Waals surface area contributed by atoms with Crippen LogP contribution < -0.4 is 20.1 Å². The van der Waals surface area contributed by atoms with Gasteiger partial charge in [0.15, 0.2) is 0 Å². The Bertz CT molecular complexity index is 800. The van der Waals surface area contributed by atoms with Crippen LogP contribution in [0.3, 0.4) is 0 Å². The summed E-state index contributed by atoms with van der Waals surface area (Å²) in [6.07, 6.45) is 0. The fourth-order valence-corrected chi connectivity index (χ4v) is 2.59. The van der Waals surface area contributed by atoms with E-state index in [4.69, 9.17) is 9.47 Å². The molecule has 0 bridgehead atoms. The Morgan fingerprint density at radius 1 is 0.963 bits per heavy atom. The Morgan fingerprint density at radius 2 is 1.63 bits per heavy atom. The lowest BCUT2D eigenvalue weighted by Gasteiger charge is -2.22. The second-order valence-electron chi connectivity index (χ2n) is 6.62. The first-order chi connectivity index (χ1) is 12.8. The number of amides is 2. The van der Waals surface area contributed by atoms with Crippen molar-refractivity contribution in [2.24, 2.45) is 5.92 Å². The molecular weight excluding hydrogens is 344 g/mol. The summed E-state index contributed by atoms with van der Waals surface area (Å²) >= 11 is 0. The summed E-state index contributed by atoms with van der Waals surface area (Å²) < 4.78 is 10.5. The van der Waals surface area contributed by atoms with E-state index in [0.29, 0.717) is 22.7 Å². The highest BCUT2D eigenvalue weighted by atomic mass is 16.5. The predicted octanol–water partition coefficient (Wildman–Crippen LogP) is 3.41. The number of aryl methyl sites for hydroxylation is 1. The smallest absolute Gasteiger partial charge is 0.251 e. The molecule has 2 aromatic rings. The zero-order valence-electron chi connectivity index (χ0n) is 16.3. The number of ether oxygens (including phenoxy) is 2. The van der Waals surface area contributed by atoms with Crippen LogP contribution in [0.1, 0.15) is 29.8 Å². The monoisotopic (exact) mass is 370 g/mol. The molecule has 0 radical (unpaired) electrons. The molecule has 1 unspecified atom stereocenters. The van der Waals surface area contributed by atoms with Crippen molar-refractivity contribution < 1.29 is 19.1 Å². The number of carbonyl (C=O) groups is 2. The molecule has 0 spiro atoms. The molecule has 0 aliphatic heterocycles. The minimum Gasteiger partial charge on any atom is -0.497 e. The molecule has 144 valence electrons. The predicted molar refractivity (Wildman–Crippen MR) is 105 cm³/mol. The summed E-state index contributed by atoms with van der Waals surface area (Å²) in [4.78, 5) is 25.3. The molecule has 27 heavy (non-hydrogen) atoms. The number of benzene rings is 2. The number of rotatable bonds is 7. The maximum atomic E-state index is 12.8. The van der Waals surface area contributed by atoms with E-state index in [0.717, 1.165) is 5.56 Å². The first-order valence-corrected chi connectivity index (χ1v) is 8.76. The largest absolute Gasteiger partial charge is 0.497 e. The SMILES string of the molecule is COc1ccc(OC)c(NC(=O)C(NC(=O)c2ccc(C)cc2)C(C)C)c1. The molecule has 0 saturated carbocycles. The Labute approximate surface area is 159 Å². The molecule has 2 aromatic carbocycles. The molecule has 2 rings (SSSR count). The molecule has 0 aliphatic rings. The van der Waals surface area contributed by atoms with Gasteiger partial charge in [0.2, 0.25) is 5.91 Å². The van der Waals surface area contributed by atoms with Crippen molar-refractivity contribution in [1.29, 1.82) is 0 Å². The Hall–Kier alpha value is -3.02. The van der Waals surface area contributed by atoms with Crippen molar-refractivity contribution in [1.82, 2.24) is 5.32 Å². The lowest BCUT2D eigenvalue weighted by molar-refractivity contribution is -0.118. The van der Waals surface area contributed by atoms with Gasteiger partial charge in [0, 0.05) is 11.6 Å². The Kier molecular flexibility index (Phi) is 6.82. The van der Waals surface area contributed by atoms with Gasteiger partial charge in [-0.05, 0) is 37.1 Å². The third kappa shape index (κ3) is 5.23. The van der Waals surface area contributed by atoms with Crippen LogP contribution in [-0.4, -0.2) is 32.1 Å². The van der Waals surface area contributed by atoms with Crippen LogP contribution in [0.5, 0.6) is 11.5 Å². The highest BCUT2D eigenvalue weighted by Crippen LogP contribution is 2.29. The van der Waals surface area contributed by atoms with Gasteiger partial charge < -0.3 is 20.1 Å². The van der Waals surface area contributed by atoms with Crippen LogP contribution in [0.4, 0.5) is 5.69 Å². The summed E-state index contributed by atoms with van der Waals surface area (Å²) in [5, 5.41) is 5.64. The molecular formula is C21H26N2O4. The summed E-state index contributed by atoms with van der Waals surface area (Å²) in [5.74, 6) is 0.391. The molecule has 0 aliphatic carbocycles. The highest BCUT2D eigenvalue weighted by Gasteiger charge is 2.25. The van der Waals surface area contributed by atoms with E-state index in [1.807, 2.05) is 32.9 Å². The number of anilines is 1. The van der Waals surface area contributed by atoms with Crippen molar-refractivity contribution in [2.45, 2.75) is 26.8 Å². The first-order valence-electron chi connectivity index (χ1n) is 8.76. The van der Waals surface area contributed by atoms with Crippen LogP contribution in [0, 0.1) is 12.8 Å². The quantitative estimate of drug-likeness (QED) is 0.783. The van der Waals surface area contributed by atoms with Crippen LogP contribution in [0.2, 0.25) is 0 Å². The van der Waals surface area contributed by atoms with Gasteiger partial charge >= 0.3 is 0 Å². The lowest BCUT2D eigenvalue weighted by atomic mass is 10.0. The molecule has 0 saturated heterocycles. The Balaban J connectivity index is 2.17. The average molecular weight is 370 g/mol. The zero-order valence-corrected chi connectivity index (χ0v) is 16.3. The second kappa shape index (κ2) is 9.07. The average Bonchev–Trinajstić information content (AvgIpc) is 2.65. The van der Waals surface area contributed by atoms with Crippen LogP contribution in [0.15, 0.2) is 42.5 Å². The number of nitrogens with one attached hydrogen (secondary N) is 2. The van der Waals surface area contributed by atoms with Crippen molar-refractivity contribution in [3.05, 3.63) is 53.6 Å². The molecule has 6 heteroatoms. The van der Waals surface area contributed by atoms with Crippen molar-refractivity contribution in [3.63, 3.8) is 0 Å². The van der Waals surface area contributed by atoms with E-state index >= 15 is 0 Å². The topological polar surface area (TPSA) is 76.7 Å². The van der Waals surface area contributed by atoms with Gasteiger partial charge in [-0.15, -0.1) is 0 Å². The minimum absolute atomic E-state index is 0.101. The van der Waals surface area contributed by atoms with Crippen LogP contribution in [0.25, 0.3) is 0 Å². The van der Waals surface area contributed by atoms with Gasteiger partial charge in [-0.25, -0.2) is 0 Å². The lowest BCUT2D eigenvalue weighted by Crippen LogP contribution is -2.47. The zero-order chi connectivity index (χ0) is 20.0. The third-order valence-corrected chi connectivity index (χ3v) is 4.21. The van der Waals surface area contributed by atoms with E-state index < -0.39 is 6.04 Å². The van der Waals surface area contributed by atoms with E-state index in [9.17, 15) is 9.59 Å². The number of carbonyl (C=O) groups excluding carboxylic acids is 2. The van der Waals surface area contributed by atoms with E-state index in [-0.39, 0.29) is 17.7 Å². The maximum Gasteiger partial charge on any atom is 0.251 e. The summed E-state index contributed by atoms with van der Waals surface area (Å²) in [6, 6.07) is 11.6. The summed E-state index contributed by atoms with van der Waals surface area (Å²) in [6.45, 7) is 5.71. The van der Waals surface area contributed by atoms with Gasteiger partial charge in [-0.2, -0.15) is 0 Å². The van der Waals surface area contributed by atoms with Crippen LogP contribution >= 0.6 is 0 Å². The Morgan fingerprint density at radius 3 is 2.19 bits per heavy atom. The highest BCUT2D eigenvalue weighted by molar-refractivity contribution is 6.02. The van der Waals surface area contributed by atoms with Gasteiger partial charge in [-0.1, -0.05) is 31.5 Å². The van der Waals surface area contributed by atoms with E-state index in [1.165, 1.54) is 7.11 Å². The third-order valence-electron chi connectivity index (χ3n) is 4.21. The molecule has 1 atom stereocenters. The van der Waals surface area contributed by atoms with Gasteiger partial charge in [0.05, 0.1) is 19.9 Å². The number of hydrogen-bond donors (Lipinski definition) is 2. The van der Waals surface area contributed by atoms with E-state index in [2.05, 4.69) is 10.6 Å². The van der Waals surface area contributed by atoms with E-state index in [1.54, 1.807) is 37.4 Å². The summed E-state index contributed by atoms with van der Waals surface area (Å²) in [7, 11) is 3.07. The normalized spacial score (nSPS) is 11.6. The molecule has 0 heterocycles. The summed E-state index contributed by atoms with van der Waals surface area (Å²) in [5.41, 5.74) is 2.06. The minimum atomic E-state index is -0.699. The van der Waals surface area contributed by atoms with Crippen molar-refractivity contribution in [2.75, 3.05) is 19.5 Å². The van der Waals surface area contributed by atoms with Gasteiger partial charge in [-0.3, -0.25) is 9.59 Å². The molecule has 2 N–H and O–H groups in total. The number of methoxy groups -OCH3 is 2. The van der Waals surface area contributed by atoms with Crippen LogP contribution in [-0.2, 0) is 4.79 Å². The standard InChI is InChI=1S/C21H26N2O4/c1-13(2)19(23-20(24)15-8-6-14(3)7-9-15)21(25)22-17-12-16(26-4)10-11-18(17)27-5/h6-13,19H,1-5H3,(H,22,25)(H,23,24). The van der Waals surface area contributed by atoms with Crippen molar-refractivity contribution in [3.8, 4) is 11.5 Å². The van der Waals surface area contributed by atoms with Crippen molar-refractivity contribution >= 4 is 17.5 Å². The second-order valence-corrected chi connectivity index (χ2v) is 6.62. The molecule has 0 aromatic heterocycles. The molecule has 0 fully saturated rings. The fraction of sp³-hybridized carbons (Fsp3) is 0.333.